The van der Waals surface area contributed by atoms with Crippen molar-refractivity contribution >= 4 is 11.8 Å². The van der Waals surface area contributed by atoms with Crippen LogP contribution in [-0.4, -0.2) is 74.5 Å². The molecule has 0 spiro atoms. The molecule has 1 atom stereocenters. The molecule has 1 unspecified atom stereocenters. The summed E-state index contributed by atoms with van der Waals surface area (Å²) in [5, 5.41) is 5.69. The molecule has 2 aromatic rings. The number of carbonyl (C=O) groups excluding carboxylic acids is 2. The van der Waals surface area contributed by atoms with Crippen LogP contribution in [0.15, 0.2) is 60.7 Å². The molecular formula is C23H30N4O3. The monoisotopic (exact) mass is 410 g/mol. The molecule has 1 aliphatic heterocycles. The summed E-state index contributed by atoms with van der Waals surface area (Å²) in [4.78, 5) is 29.2. The number of rotatable bonds is 9. The largest absolute Gasteiger partial charge is 0.484 e. The average molecular weight is 411 g/mol. The van der Waals surface area contributed by atoms with Crippen LogP contribution in [0.25, 0.3) is 0 Å². The van der Waals surface area contributed by atoms with E-state index in [1.54, 1.807) is 12.1 Å². The Kier molecular flexibility index (Phi) is 8.23. The summed E-state index contributed by atoms with van der Waals surface area (Å²) in [5.41, 5.74) is 1.06. The van der Waals surface area contributed by atoms with Gasteiger partial charge in [-0.3, -0.25) is 14.5 Å². The molecule has 1 saturated heterocycles. The zero-order chi connectivity index (χ0) is 21.2. The van der Waals surface area contributed by atoms with Crippen LogP contribution in [0.3, 0.4) is 0 Å². The van der Waals surface area contributed by atoms with Gasteiger partial charge in [0.05, 0.1) is 12.6 Å². The summed E-state index contributed by atoms with van der Waals surface area (Å²) >= 11 is 0. The van der Waals surface area contributed by atoms with E-state index < -0.39 is 0 Å². The minimum Gasteiger partial charge on any atom is -0.484 e. The quantitative estimate of drug-likeness (QED) is 0.652. The molecule has 7 nitrogen and oxygen atoms in total. The number of hydrogen-bond donors (Lipinski definition) is 2. The number of piperazine rings is 1. The van der Waals surface area contributed by atoms with Gasteiger partial charge >= 0.3 is 0 Å². The summed E-state index contributed by atoms with van der Waals surface area (Å²) in [6, 6.07) is 18.9. The van der Waals surface area contributed by atoms with Gasteiger partial charge in [-0.2, -0.15) is 0 Å². The summed E-state index contributed by atoms with van der Waals surface area (Å²) in [7, 11) is 2.12. The highest BCUT2D eigenvalue weighted by atomic mass is 16.5. The maximum absolute atomic E-state index is 12.5. The van der Waals surface area contributed by atoms with Gasteiger partial charge in [0.2, 0.25) is 5.91 Å². The summed E-state index contributed by atoms with van der Waals surface area (Å²) in [5.74, 6) is 0.0730. The Hall–Kier alpha value is -2.90. The van der Waals surface area contributed by atoms with Crippen LogP contribution in [0.2, 0.25) is 0 Å². The van der Waals surface area contributed by atoms with Crippen LogP contribution >= 0.6 is 0 Å². The lowest BCUT2D eigenvalue weighted by Gasteiger charge is -2.35. The van der Waals surface area contributed by atoms with Crippen molar-refractivity contribution in [2.24, 2.45) is 0 Å². The number of benzene rings is 2. The first-order chi connectivity index (χ1) is 14.6. The zero-order valence-electron chi connectivity index (χ0n) is 17.4. The van der Waals surface area contributed by atoms with E-state index in [2.05, 4.69) is 27.5 Å². The number of likely N-dealkylation sites (N-methyl/N-ethyl adjacent to an activating group) is 1. The van der Waals surface area contributed by atoms with Gasteiger partial charge in [-0.1, -0.05) is 48.5 Å². The van der Waals surface area contributed by atoms with Crippen LogP contribution in [0.4, 0.5) is 0 Å². The van der Waals surface area contributed by atoms with Crippen molar-refractivity contribution in [2.75, 3.05) is 52.9 Å². The molecule has 0 bridgehead atoms. The maximum atomic E-state index is 12.5. The fourth-order valence-corrected chi connectivity index (χ4v) is 3.35. The van der Waals surface area contributed by atoms with E-state index in [4.69, 9.17) is 4.74 Å². The number of amides is 2. The van der Waals surface area contributed by atoms with E-state index in [-0.39, 0.29) is 31.0 Å². The SMILES string of the molecule is CN1CCN(CC(NC(=O)CNC(=O)COc2ccccc2)c2ccccc2)CC1. The molecule has 0 radical (unpaired) electrons. The van der Waals surface area contributed by atoms with Gasteiger partial charge in [-0.15, -0.1) is 0 Å². The first-order valence-corrected chi connectivity index (χ1v) is 10.3. The number of carbonyl (C=O) groups is 2. The Morgan fingerprint density at radius 2 is 1.57 bits per heavy atom. The van der Waals surface area contributed by atoms with E-state index in [1.807, 2.05) is 48.5 Å². The molecule has 0 aliphatic carbocycles. The topological polar surface area (TPSA) is 73.9 Å². The molecule has 1 fully saturated rings. The van der Waals surface area contributed by atoms with Gasteiger partial charge in [0, 0.05) is 32.7 Å². The molecular weight excluding hydrogens is 380 g/mol. The lowest BCUT2D eigenvalue weighted by molar-refractivity contribution is -0.127. The van der Waals surface area contributed by atoms with Gasteiger partial charge in [-0.05, 0) is 24.7 Å². The standard InChI is InChI=1S/C23H30N4O3/c1-26-12-14-27(15-13-26)17-21(19-8-4-2-5-9-19)25-22(28)16-24-23(29)18-30-20-10-6-3-7-11-20/h2-11,21H,12-18H2,1H3,(H,24,29)(H,25,28). The van der Waals surface area contributed by atoms with Crippen LogP contribution < -0.4 is 15.4 Å². The molecule has 1 heterocycles. The molecule has 0 saturated carbocycles. The first-order valence-electron chi connectivity index (χ1n) is 10.3. The predicted molar refractivity (Wildman–Crippen MR) is 116 cm³/mol. The van der Waals surface area contributed by atoms with Crippen LogP contribution in [0.5, 0.6) is 5.75 Å². The lowest BCUT2D eigenvalue weighted by Crippen LogP contribution is -2.48. The van der Waals surface area contributed by atoms with E-state index in [1.165, 1.54) is 0 Å². The molecule has 2 N–H and O–H groups in total. The van der Waals surface area contributed by atoms with Crippen molar-refractivity contribution in [3.8, 4) is 5.75 Å². The number of para-hydroxylation sites is 1. The number of ether oxygens (including phenoxy) is 1. The molecule has 0 aromatic heterocycles. The third-order valence-electron chi connectivity index (χ3n) is 5.13. The molecule has 2 aromatic carbocycles. The van der Waals surface area contributed by atoms with Gasteiger partial charge in [0.25, 0.3) is 5.91 Å². The van der Waals surface area contributed by atoms with Crippen LogP contribution in [0.1, 0.15) is 11.6 Å². The second-order valence-electron chi connectivity index (χ2n) is 7.51. The normalized spacial score (nSPS) is 15.9. The van der Waals surface area contributed by atoms with Crippen LogP contribution in [0, 0.1) is 0 Å². The minimum atomic E-state index is -0.329. The lowest BCUT2D eigenvalue weighted by atomic mass is 10.1. The Morgan fingerprint density at radius 3 is 2.23 bits per heavy atom. The van der Waals surface area contributed by atoms with Gasteiger partial charge in [0.1, 0.15) is 5.75 Å². The van der Waals surface area contributed by atoms with E-state index in [9.17, 15) is 9.59 Å². The maximum Gasteiger partial charge on any atom is 0.258 e. The highest BCUT2D eigenvalue weighted by Crippen LogP contribution is 2.15. The van der Waals surface area contributed by atoms with Crippen molar-refractivity contribution in [1.29, 1.82) is 0 Å². The van der Waals surface area contributed by atoms with E-state index >= 15 is 0 Å². The Balaban J connectivity index is 1.48. The zero-order valence-corrected chi connectivity index (χ0v) is 17.4. The van der Waals surface area contributed by atoms with Crippen LogP contribution in [-0.2, 0) is 9.59 Å². The molecule has 7 heteroatoms. The molecule has 1 aliphatic rings. The third-order valence-corrected chi connectivity index (χ3v) is 5.13. The Bertz CT molecular complexity index is 793. The molecule has 3 rings (SSSR count). The number of hydrogen-bond acceptors (Lipinski definition) is 5. The summed E-state index contributed by atoms with van der Waals surface area (Å²) < 4.78 is 5.41. The Morgan fingerprint density at radius 1 is 0.933 bits per heavy atom. The van der Waals surface area contributed by atoms with Gasteiger partial charge < -0.3 is 20.3 Å². The predicted octanol–water partition coefficient (Wildman–Crippen LogP) is 1.29. The number of nitrogens with one attached hydrogen (secondary N) is 2. The summed E-state index contributed by atoms with van der Waals surface area (Å²) in [6.07, 6.45) is 0. The van der Waals surface area contributed by atoms with E-state index in [0.29, 0.717) is 5.75 Å². The first kappa shape index (κ1) is 21.8. The van der Waals surface area contributed by atoms with Crippen molar-refractivity contribution in [1.82, 2.24) is 20.4 Å². The number of nitrogens with zero attached hydrogens (tertiary/aromatic N) is 2. The van der Waals surface area contributed by atoms with Crippen molar-refractivity contribution in [3.63, 3.8) is 0 Å². The fraction of sp³-hybridized carbons (Fsp3) is 0.391. The average Bonchev–Trinajstić information content (AvgIpc) is 2.78. The molecule has 160 valence electrons. The second kappa shape index (κ2) is 11.3. The van der Waals surface area contributed by atoms with E-state index in [0.717, 1.165) is 38.3 Å². The van der Waals surface area contributed by atoms with Gasteiger partial charge in [0.15, 0.2) is 6.61 Å². The Labute approximate surface area is 178 Å². The van der Waals surface area contributed by atoms with Crippen molar-refractivity contribution < 1.29 is 14.3 Å². The highest BCUT2D eigenvalue weighted by molar-refractivity contribution is 5.85. The second-order valence-corrected chi connectivity index (χ2v) is 7.51. The van der Waals surface area contributed by atoms with Gasteiger partial charge in [-0.25, -0.2) is 0 Å². The van der Waals surface area contributed by atoms with Crippen molar-refractivity contribution in [3.05, 3.63) is 66.2 Å². The fourth-order valence-electron chi connectivity index (χ4n) is 3.35. The molecule has 2 amide bonds. The third kappa shape index (κ3) is 7.17. The minimum absolute atomic E-state index is 0.0803. The highest BCUT2D eigenvalue weighted by Gasteiger charge is 2.21. The summed E-state index contributed by atoms with van der Waals surface area (Å²) in [6.45, 7) is 4.53. The van der Waals surface area contributed by atoms with Crippen molar-refractivity contribution in [2.45, 2.75) is 6.04 Å². The smallest absolute Gasteiger partial charge is 0.258 e. The molecule has 30 heavy (non-hydrogen) atoms.